The first-order valence-electron chi connectivity index (χ1n) is 4.60. The second-order valence-electron chi connectivity index (χ2n) is 3.18. The zero-order valence-corrected chi connectivity index (χ0v) is 9.48. The second kappa shape index (κ2) is 4.68. The molecule has 2 heterocycles. The van der Waals surface area contributed by atoms with Crippen LogP contribution >= 0.6 is 11.3 Å². The van der Waals surface area contributed by atoms with Crippen LogP contribution in [0, 0.1) is 11.3 Å². The molecule has 0 unspecified atom stereocenters. The Balaban J connectivity index is 2.21. The third-order valence-corrected chi connectivity index (χ3v) is 2.66. The smallest absolute Gasteiger partial charge is 0.183 e. The number of anilines is 1. The molecule has 2 rings (SSSR count). The standard InChI is InChI=1S/C10H9N5S/c1-15(5-8-6-16-7-14-8)10-9(4-11)12-2-3-13-10/h2-3,6-7H,5H2,1H3. The van der Waals surface area contributed by atoms with Crippen LogP contribution in [-0.4, -0.2) is 22.0 Å². The molecule has 0 spiro atoms. The summed E-state index contributed by atoms with van der Waals surface area (Å²) in [5, 5.41) is 10.9. The summed E-state index contributed by atoms with van der Waals surface area (Å²) in [6, 6.07) is 2.02. The summed E-state index contributed by atoms with van der Waals surface area (Å²) in [5.41, 5.74) is 3.08. The van der Waals surface area contributed by atoms with E-state index in [0.29, 0.717) is 18.1 Å². The molecule has 0 N–H and O–H groups in total. The van der Waals surface area contributed by atoms with Gasteiger partial charge in [0.1, 0.15) is 6.07 Å². The predicted octanol–water partition coefficient (Wildman–Crippen LogP) is 1.44. The fourth-order valence-electron chi connectivity index (χ4n) is 1.32. The first-order valence-corrected chi connectivity index (χ1v) is 5.55. The highest BCUT2D eigenvalue weighted by Crippen LogP contribution is 2.14. The van der Waals surface area contributed by atoms with Crippen LogP contribution in [0.3, 0.4) is 0 Å². The number of hydrogen-bond donors (Lipinski definition) is 0. The largest absolute Gasteiger partial charge is 0.351 e. The van der Waals surface area contributed by atoms with Crippen molar-refractivity contribution in [3.63, 3.8) is 0 Å². The molecule has 2 aromatic heterocycles. The van der Waals surface area contributed by atoms with E-state index in [4.69, 9.17) is 5.26 Å². The average Bonchev–Trinajstić information content (AvgIpc) is 2.81. The lowest BCUT2D eigenvalue weighted by Gasteiger charge is -2.16. The van der Waals surface area contributed by atoms with Crippen molar-refractivity contribution in [1.29, 1.82) is 5.26 Å². The Labute approximate surface area is 97.0 Å². The fourth-order valence-corrected chi connectivity index (χ4v) is 1.87. The highest BCUT2D eigenvalue weighted by molar-refractivity contribution is 7.07. The summed E-state index contributed by atoms with van der Waals surface area (Å²) < 4.78 is 0. The highest BCUT2D eigenvalue weighted by atomic mass is 32.1. The van der Waals surface area contributed by atoms with Gasteiger partial charge in [-0.3, -0.25) is 0 Å². The van der Waals surface area contributed by atoms with Gasteiger partial charge in [-0.15, -0.1) is 11.3 Å². The van der Waals surface area contributed by atoms with Gasteiger partial charge >= 0.3 is 0 Å². The van der Waals surface area contributed by atoms with E-state index in [0.717, 1.165) is 5.69 Å². The Hall–Kier alpha value is -2.00. The average molecular weight is 231 g/mol. The highest BCUT2D eigenvalue weighted by Gasteiger charge is 2.10. The molecular formula is C10H9N5S. The summed E-state index contributed by atoms with van der Waals surface area (Å²) >= 11 is 1.55. The maximum absolute atomic E-state index is 8.90. The van der Waals surface area contributed by atoms with E-state index in [-0.39, 0.29) is 0 Å². The number of nitriles is 1. The van der Waals surface area contributed by atoms with Gasteiger partial charge in [0.2, 0.25) is 0 Å². The molecule has 0 atom stereocenters. The molecule has 0 aliphatic rings. The molecule has 80 valence electrons. The van der Waals surface area contributed by atoms with Gasteiger partial charge in [0.25, 0.3) is 0 Å². The third kappa shape index (κ3) is 2.15. The Kier molecular flexibility index (Phi) is 3.08. The van der Waals surface area contributed by atoms with Gasteiger partial charge in [-0.05, 0) is 0 Å². The van der Waals surface area contributed by atoms with Crippen LogP contribution in [-0.2, 0) is 6.54 Å². The van der Waals surface area contributed by atoms with Crippen molar-refractivity contribution in [3.8, 4) is 6.07 Å². The molecule has 0 radical (unpaired) electrons. The molecular weight excluding hydrogens is 222 g/mol. The van der Waals surface area contributed by atoms with Crippen molar-refractivity contribution in [3.05, 3.63) is 34.7 Å². The normalized spacial score (nSPS) is 9.75. The zero-order valence-electron chi connectivity index (χ0n) is 8.66. The lowest BCUT2D eigenvalue weighted by atomic mass is 10.3. The van der Waals surface area contributed by atoms with Crippen molar-refractivity contribution in [2.75, 3.05) is 11.9 Å². The van der Waals surface area contributed by atoms with E-state index in [1.165, 1.54) is 6.20 Å². The van der Waals surface area contributed by atoms with E-state index in [2.05, 4.69) is 15.0 Å². The molecule has 5 nitrogen and oxygen atoms in total. The maximum Gasteiger partial charge on any atom is 0.183 e. The van der Waals surface area contributed by atoms with E-state index >= 15 is 0 Å². The molecule has 0 aromatic carbocycles. The second-order valence-corrected chi connectivity index (χ2v) is 3.89. The van der Waals surface area contributed by atoms with Gasteiger partial charge in [0.05, 0.1) is 17.7 Å². The Morgan fingerprint density at radius 3 is 2.88 bits per heavy atom. The van der Waals surface area contributed by atoms with Crippen LogP contribution in [0.5, 0.6) is 0 Å². The van der Waals surface area contributed by atoms with Crippen molar-refractivity contribution in [2.45, 2.75) is 6.54 Å². The molecule has 0 amide bonds. The Morgan fingerprint density at radius 1 is 1.38 bits per heavy atom. The van der Waals surface area contributed by atoms with E-state index in [9.17, 15) is 0 Å². The molecule has 0 fully saturated rings. The minimum Gasteiger partial charge on any atom is -0.351 e. The van der Waals surface area contributed by atoms with Gasteiger partial charge < -0.3 is 4.90 Å². The molecule has 0 bridgehead atoms. The number of thiazole rings is 1. The predicted molar refractivity (Wildman–Crippen MR) is 61.0 cm³/mol. The third-order valence-electron chi connectivity index (χ3n) is 2.03. The summed E-state index contributed by atoms with van der Waals surface area (Å²) in [6.07, 6.45) is 3.09. The van der Waals surface area contributed by atoms with Crippen molar-refractivity contribution < 1.29 is 0 Å². The van der Waals surface area contributed by atoms with Crippen LogP contribution in [0.4, 0.5) is 5.82 Å². The van der Waals surface area contributed by atoms with Crippen molar-refractivity contribution in [2.24, 2.45) is 0 Å². The summed E-state index contributed by atoms with van der Waals surface area (Å²) in [4.78, 5) is 14.2. The molecule has 6 heteroatoms. The zero-order chi connectivity index (χ0) is 11.4. The van der Waals surface area contributed by atoms with Gasteiger partial charge in [0, 0.05) is 24.8 Å². The van der Waals surface area contributed by atoms with Gasteiger partial charge in [-0.25, -0.2) is 15.0 Å². The molecule has 0 aliphatic carbocycles. The van der Waals surface area contributed by atoms with Crippen LogP contribution in [0.15, 0.2) is 23.3 Å². The minimum absolute atomic E-state index is 0.334. The van der Waals surface area contributed by atoms with Crippen molar-refractivity contribution >= 4 is 17.2 Å². The Bertz CT molecular complexity index is 502. The van der Waals surface area contributed by atoms with E-state index in [1.54, 1.807) is 23.0 Å². The summed E-state index contributed by atoms with van der Waals surface area (Å²) in [6.45, 7) is 0.622. The van der Waals surface area contributed by atoms with Crippen molar-refractivity contribution in [1.82, 2.24) is 15.0 Å². The quantitative estimate of drug-likeness (QED) is 0.799. The van der Waals surface area contributed by atoms with Crippen LogP contribution < -0.4 is 4.90 Å². The van der Waals surface area contributed by atoms with Gasteiger partial charge in [0.15, 0.2) is 11.5 Å². The van der Waals surface area contributed by atoms with E-state index < -0.39 is 0 Å². The van der Waals surface area contributed by atoms with Crippen LogP contribution in [0.2, 0.25) is 0 Å². The summed E-state index contributed by atoms with van der Waals surface area (Å²) in [5.74, 6) is 0.581. The number of aromatic nitrogens is 3. The molecule has 0 saturated heterocycles. The molecule has 2 aromatic rings. The first kappa shape index (κ1) is 10.5. The molecule has 0 saturated carbocycles. The Morgan fingerprint density at radius 2 is 2.19 bits per heavy atom. The lowest BCUT2D eigenvalue weighted by molar-refractivity contribution is 0.864. The van der Waals surface area contributed by atoms with Crippen LogP contribution in [0.25, 0.3) is 0 Å². The molecule has 0 aliphatic heterocycles. The molecule has 16 heavy (non-hydrogen) atoms. The topological polar surface area (TPSA) is 65.7 Å². The number of nitrogens with zero attached hydrogens (tertiary/aromatic N) is 5. The first-order chi connectivity index (χ1) is 7.81. The van der Waals surface area contributed by atoms with Gasteiger partial charge in [-0.2, -0.15) is 5.26 Å². The number of rotatable bonds is 3. The summed E-state index contributed by atoms with van der Waals surface area (Å²) in [7, 11) is 1.87. The van der Waals surface area contributed by atoms with E-state index in [1.807, 2.05) is 23.4 Å². The van der Waals surface area contributed by atoms with Gasteiger partial charge in [-0.1, -0.05) is 0 Å². The van der Waals surface area contributed by atoms with Crippen LogP contribution in [0.1, 0.15) is 11.4 Å². The number of hydrogen-bond acceptors (Lipinski definition) is 6. The minimum atomic E-state index is 0.334. The SMILES string of the molecule is CN(Cc1cscn1)c1nccnc1C#N. The fraction of sp³-hybridized carbons (Fsp3) is 0.200. The maximum atomic E-state index is 8.90. The lowest BCUT2D eigenvalue weighted by Crippen LogP contribution is -2.19. The monoisotopic (exact) mass is 231 g/mol.